The first-order valence-electron chi connectivity index (χ1n) is 21.7. The molecule has 1 unspecified atom stereocenters. The number of hydrogen-bond acceptors (Lipinski definition) is 9. The van der Waals surface area contributed by atoms with Crippen molar-refractivity contribution in [3.8, 4) is 0 Å². The van der Waals surface area contributed by atoms with Gasteiger partial charge in [0.2, 0.25) is 0 Å². The van der Waals surface area contributed by atoms with Crippen molar-refractivity contribution >= 4 is 25.7 Å². The molecule has 0 bridgehead atoms. The van der Waals surface area contributed by atoms with Crippen LogP contribution in [0.2, 0.25) is 0 Å². The normalized spacial score (nSPS) is 13.9. The summed E-state index contributed by atoms with van der Waals surface area (Å²) in [6.07, 6.45) is 37.0. The molecule has 0 aliphatic rings. The van der Waals surface area contributed by atoms with Crippen LogP contribution in [0.3, 0.4) is 0 Å². The summed E-state index contributed by atoms with van der Waals surface area (Å²) in [7, 11) is -4.71. The number of carbonyl (C=O) groups is 3. The molecule has 11 nitrogen and oxygen atoms in total. The molecule has 0 aromatic rings. The lowest BCUT2D eigenvalue weighted by atomic mass is 10.0. The Morgan fingerprint density at radius 1 is 0.556 bits per heavy atom. The van der Waals surface area contributed by atoms with Gasteiger partial charge in [0, 0.05) is 12.8 Å². The predicted octanol–water partition coefficient (Wildman–Crippen LogP) is 11.3. The minimum absolute atomic E-state index is 0.160. The van der Waals surface area contributed by atoms with Crippen LogP contribution in [0.15, 0.2) is 12.2 Å². The van der Waals surface area contributed by atoms with Gasteiger partial charge in [-0.15, -0.1) is 0 Å². The molecule has 0 aliphatic carbocycles. The quantitative estimate of drug-likeness (QED) is 0.0233. The standard InChI is InChI=1S/C42H80NO10P/c1-3-5-7-9-11-13-15-17-19-21-23-25-27-29-31-33-40(44)50-35-38(36-51-54(48,49)52-37-39(43)42(46)47)53-41(45)34-32-30-28-26-24-22-20-18-16-14-12-10-8-6-4-2/h14,16,38-39H,3-13,15,17-37,43H2,1-2H3,(H,46,47)(H,48,49)/b16-14+/t38-,39+/m1/s1. The summed E-state index contributed by atoms with van der Waals surface area (Å²) in [4.78, 5) is 45.9. The van der Waals surface area contributed by atoms with Crippen LogP contribution >= 0.6 is 7.82 Å². The highest BCUT2D eigenvalue weighted by atomic mass is 31.2. The van der Waals surface area contributed by atoms with Crippen molar-refractivity contribution in [2.75, 3.05) is 19.8 Å². The van der Waals surface area contributed by atoms with E-state index in [2.05, 4.69) is 30.5 Å². The predicted molar refractivity (Wildman–Crippen MR) is 217 cm³/mol. The van der Waals surface area contributed by atoms with Crippen LogP contribution < -0.4 is 5.73 Å². The molecule has 54 heavy (non-hydrogen) atoms. The second kappa shape index (κ2) is 38.1. The van der Waals surface area contributed by atoms with E-state index in [1.54, 1.807) is 0 Å². The zero-order chi connectivity index (χ0) is 40.0. The number of hydrogen-bond donors (Lipinski definition) is 3. The molecule has 3 atom stereocenters. The fourth-order valence-corrected chi connectivity index (χ4v) is 6.84. The van der Waals surface area contributed by atoms with E-state index in [-0.39, 0.29) is 19.4 Å². The molecular formula is C42H80NO10P. The number of esters is 2. The van der Waals surface area contributed by atoms with Gasteiger partial charge < -0.3 is 25.2 Å². The van der Waals surface area contributed by atoms with E-state index in [1.165, 1.54) is 122 Å². The number of rotatable bonds is 41. The number of allylic oxidation sites excluding steroid dienone is 2. The third-order valence-corrected chi connectivity index (χ3v) is 10.5. The topological polar surface area (TPSA) is 172 Å². The molecular weight excluding hydrogens is 709 g/mol. The zero-order valence-electron chi connectivity index (χ0n) is 34.3. The van der Waals surface area contributed by atoms with Crippen molar-refractivity contribution < 1.29 is 47.5 Å². The zero-order valence-corrected chi connectivity index (χ0v) is 35.2. The largest absolute Gasteiger partial charge is 0.480 e. The molecule has 0 spiro atoms. The molecule has 0 radical (unpaired) electrons. The van der Waals surface area contributed by atoms with Crippen LogP contribution in [0.4, 0.5) is 0 Å². The Kier molecular flexibility index (Phi) is 36.9. The van der Waals surface area contributed by atoms with E-state index in [0.29, 0.717) is 12.8 Å². The molecule has 318 valence electrons. The minimum atomic E-state index is -4.71. The van der Waals surface area contributed by atoms with Gasteiger partial charge in [-0.25, -0.2) is 4.57 Å². The molecule has 4 N–H and O–H groups in total. The Morgan fingerprint density at radius 2 is 0.926 bits per heavy atom. The average molecular weight is 790 g/mol. The SMILES string of the molecule is CCCCCC/C=C/CCCCCCCCCC(=O)O[C@H](COC(=O)CCCCCCCCCCCCCCCCC)COP(=O)(O)OC[C@H](N)C(=O)O. The number of carboxylic acid groups (broad SMARTS) is 1. The number of carbonyl (C=O) groups excluding carboxylic acids is 2. The highest BCUT2D eigenvalue weighted by molar-refractivity contribution is 7.47. The first-order valence-corrected chi connectivity index (χ1v) is 23.2. The fourth-order valence-electron chi connectivity index (χ4n) is 6.06. The van der Waals surface area contributed by atoms with E-state index < -0.39 is 51.1 Å². The van der Waals surface area contributed by atoms with Crippen LogP contribution in [0.25, 0.3) is 0 Å². The maximum Gasteiger partial charge on any atom is 0.472 e. The monoisotopic (exact) mass is 790 g/mol. The number of ether oxygens (including phenoxy) is 2. The molecule has 0 heterocycles. The number of nitrogens with two attached hydrogens (primary N) is 1. The molecule has 0 fully saturated rings. The molecule has 0 aliphatic heterocycles. The summed E-state index contributed by atoms with van der Waals surface area (Å²) >= 11 is 0. The summed E-state index contributed by atoms with van der Waals surface area (Å²) in [6, 6.07) is -1.52. The summed E-state index contributed by atoms with van der Waals surface area (Å²) in [5.41, 5.74) is 5.33. The van der Waals surface area contributed by atoms with Crippen molar-refractivity contribution in [3.05, 3.63) is 12.2 Å². The minimum Gasteiger partial charge on any atom is -0.480 e. The van der Waals surface area contributed by atoms with Gasteiger partial charge in [-0.3, -0.25) is 23.4 Å². The number of carboxylic acids is 1. The molecule has 0 saturated carbocycles. The Balaban J connectivity index is 4.34. The summed E-state index contributed by atoms with van der Waals surface area (Å²) in [5, 5.41) is 8.88. The lowest BCUT2D eigenvalue weighted by molar-refractivity contribution is -0.161. The maximum absolute atomic E-state index is 12.6. The van der Waals surface area contributed by atoms with E-state index in [0.717, 1.165) is 44.9 Å². The van der Waals surface area contributed by atoms with E-state index >= 15 is 0 Å². The van der Waals surface area contributed by atoms with Gasteiger partial charge in [-0.05, 0) is 38.5 Å². The van der Waals surface area contributed by atoms with Gasteiger partial charge in [0.15, 0.2) is 6.10 Å². The van der Waals surface area contributed by atoms with Gasteiger partial charge in [-0.1, -0.05) is 167 Å². The van der Waals surface area contributed by atoms with Crippen molar-refractivity contribution in [1.82, 2.24) is 0 Å². The van der Waals surface area contributed by atoms with Crippen LogP contribution in [-0.4, -0.2) is 59.9 Å². The summed E-state index contributed by atoms with van der Waals surface area (Å²) < 4.78 is 32.7. The van der Waals surface area contributed by atoms with Crippen LogP contribution in [-0.2, 0) is 37.5 Å². The van der Waals surface area contributed by atoms with Crippen LogP contribution in [0.5, 0.6) is 0 Å². The molecule has 0 saturated heterocycles. The summed E-state index contributed by atoms with van der Waals surface area (Å²) in [5.74, 6) is -2.37. The maximum atomic E-state index is 12.6. The second-order valence-electron chi connectivity index (χ2n) is 14.8. The lowest BCUT2D eigenvalue weighted by Gasteiger charge is -2.20. The van der Waals surface area contributed by atoms with Gasteiger partial charge in [0.05, 0.1) is 13.2 Å². The van der Waals surface area contributed by atoms with E-state index in [1.807, 2.05) is 0 Å². The number of phosphoric ester groups is 1. The average Bonchev–Trinajstić information content (AvgIpc) is 3.14. The Labute approximate surface area is 328 Å². The van der Waals surface area contributed by atoms with Crippen molar-refractivity contribution in [2.24, 2.45) is 5.73 Å². The van der Waals surface area contributed by atoms with Crippen molar-refractivity contribution in [1.29, 1.82) is 0 Å². The fraction of sp³-hybridized carbons (Fsp3) is 0.881. The van der Waals surface area contributed by atoms with Crippen molar-refractivity contribution in [3.63, 3.8) is 0 Å². The molecule has 0 aromatic heterocycles. The van der Waals surface area contributed by atoms with Crippen LogP contribution in [0, 0.1) is 0 Å². The Bertz CT molecular complexity index is 979. The number of aliphatic carboxylic acids is 1. The Morgan fingerprint density at radius 3 is 1.37 bits per heavy atom. The molecule has 0 rings (SSSR count). The van der Waals surface area contributed by atoms with Gasteiger partial charge >= 0.3 is 25.7 Å². The number of phosphoric acid groups is 1. The molecule has 0 aromatic carbocycles. The van der Waals surface area contributed by atoms with Crippen molar-refractivity contribution in [2.45, 2.75) is 219 Å². The lowest BCUT2D eigenvalue weighted by Crippen LogP contribution is -2.34. The van der Waals surface area contributed by atoms with E-state index in [4.69, 9.17) is 24.8 Å². The smallest absolute Gasteiger partial charge is 0.472 e. The number of unbranched alkanes of at least 4 members (excludes halogenated alkanes) is 25. The first kappa shape index (κ1) is 52.2. The Hall–Kier alpha value is -1.78. The molecule has 12 heteroatoms. The third-order valence-electron chi connectivity index (χ3n) is 9.51. The van der Waals surface area contributed by atoms with E-state index in [9.17, 15) is 23.8 Å². The second-order valence-corrected chi connectivity index (χ2v) is 16.3. The highest BCUT2D eigenvalue weighted by Crippen LogP contribution is 2.43. The third kappa shape index (κ3) is 37.2. The molecule has 0 amide bonds. The summed E-state index contributed by atoms with van der Waals surface area (Å²) in [6.45, 7) is 2.80. The van der Waals surface area contributed by atoms with Gasteiger partial charge in [0.25, 0.3) is 0 Å². The van der Waals surface area contributed by atoms with Gasteiger partial charge in [-0.2, -0.15) is 0 Å². The highest BCUT2D eigenvalue weighted by Gasteiger charge is 2.28. The van der Waals surface area contributed by atoms with Gasteiger partial charge in [0.1, 0.15) is 12.6 Å². The first-order chi connectivity index (χ1) is 26.1. The van der Waals surface area contributed by atoms with Crippen LogP contribution in [0.1, 0.15) is 206 Å².